The van der Waals surface area contributed by atoms with Crippen LogP contribution in [-0.2, 0) is 28.6 Å². The second-order valence-electron chi connectivity index (χ2n) is 16.3. The molecule has 348 valence electrons. The Morgan fingerprint density at radius 3 is 1.08 bits per heavy atom. The molecule has 61 heavy (non-hydrogen) atoms. The molecule has 0 N–H and O–H groups in total. The van der Waals surface area contributed by atoms with Crippen molar-refractivity contribution in [3.05, 3.63) is 85.1 Å². The quantitative estimate of drug-likeness (QED) is 0.0263. The lowest BCUT2D eigenvalue weighted by molar-refractivity contribution is -0.167. The monoisotopic (exact) mass is 849 g/mol. The highest BCUT2D eigenvalue weighted by atomic mass is 16.6. The molecule has 0 heterocycles. The number of carbonyl (C=O) groups is 3. The van der Waals surface area contributed by atoms with Gasteiger partial charge in [0.2, 0.25) is 0 Å². The third-order valence-corrected chi connectivity index (χ3v) is 10.4. The molecular weight excluding hydrogens is 757 g/mol. The fraction of sp³-hybridized carbons (Fsp3) is 0.691. The van der Waals surface area contributed by atoms with Crippen LogP contribution in [0, 0.1) is 0 Å². The first kappa shape index (κ1) is 57.6. The van der Waals surface area contributed by atoms with Crippen molar-refractivity contribution in [2.45, 2.75) is 232 Å². The molecule has 0 aromatic carbocycles. The van der Waals surface area contributed by atoms with Gasteiger partial charge in [0, 0.05) is 19.3 Å². The molecule has 0 aromatic heterocycles. The maximum atomic E-state index is 12.8. The predicted octanol–water partition coefficient (Wildman–Crippen LogP) is 16.4. The number of hydrogen-bond donors (Lipinski definition) is 0. The largest absolute Gasteiger partial charge is 0.462 e. The van der Waals surface area contributed by atoms with Crippen LogP contribution in [0.15, 0.2) is 85.1 Å². The van der Waals surface area contributed by atoms with Crippen molar-refractivity contribution in [1.29, 1.82) is 0 Å². The Bertz CT molecular complexity index is 1200. The van der Waals surface area contributed by atoms with Crippen LogP contribution in [0.4, 0.5) is 0 Å². The summed E-state index contributed by atoms with van der Waals surface area (Å²) in [7, 11) is 0. The fourth-order valence-corrected chi connectivity index (χ4v) is 6.56. The average Bonchev–Trinajstić information content (AvgIpc) is 3.26. The molecule has 0 saturated heterocycles. The molecular formula is C55H92O6. The van der Waals surface area contributed by atoms with E-state index in [4.69, 9.17) is 14.2 Å². The maximum Gasteiger partial charge on any atom is 0.306 e. The minimum Gasteiger partial charge on any atom is -0.462 e. The van der Waals surface area contributed by atoms with Crippen LogP contribution in [0.5, 0.6) is 0 Å². The zero-order chi connectivity index (χ0) is 44.4. The van der Waals surface area contributed by atoms with E-state index in [0.29, 0.717) is 19.3 Å². The van der Waals surface area contributed by atoms with Gasteiger partial charge in [-0.1, -0.05) is 183 Å². The molecule has 0 rings (SSSR count). The molecule has 0 aliphatic rings. The molecule has 0 unspecified atom stereocenters. The van der Waals surface area contributed by atoms with Crippen LogP contribution >= 0.6 is 0 Å². The molecule has 0 bridgehead atoms. The van der Waals surface area contributed by atoms with Gasteiger partial charge in [0.15, 0.2) is 6.10 Å². The van der Waals surface area contributed by atoms with E-state index in [1.54, 1.807) is 0 Å². The number of allylic oxidation sites excluding steroid dienone is 14. The van der Waals surface area contributed by atoms with Crippen molar-refractivity contribution in [2.24, 2.45) is 0 Å². The molecule has 0 amide bonds. The van der Waals surface area contributed by atoms with E-state index in [-0.39, 0.29) is 31.1 Å². The Hall–Kier alpha value is -3.41. The zero-order valence-corrected chi connectivity index (χ0v) is 39.7. The van der Waals surface area contributed by atoms with Crippen molar-refractivity contribution >= 4 is 17.9 Å². The zero-order valence-electron chi connectivity index (χ0n) is 39.7. The highest BCUT2D eigenvalue weighted by Gasteiger charge is 2.19. The molecule has 0 aliphatic heterocycles. The fourth-order valence-electron chi connectivity index (χ4n) is 6.56. The predicted molar refractivity (Wildman–Crippen MR) is 261 cm³/mol. The van der Waals surface area contributed by atoms with E-state index in [1.165, 1.54) is 64.2 Å². The van der Waals surface area contributed by atoms with Gasteiger partial charge in [-0.3, -0.25) is 14.4 Å². The Labute approximate surface area is 375 Å². The van der Waals surface area contributed by atoms with Crippen LogP contribution in [-0.4, -0.2) is 37.2 Å². The summed E-state index contributed by atoms with van der Waals surface area (Å²) in [6, 6.07) is 0. The first-order chi connectivity index (χ1) is 30.0. The first-order valence-corrected chi connectivity index (χ1v) is 25.1. The summed E-state index contributed by atoms with van der Waals surface area (Å²) in [6.07, 6.45) is 62.8. The first-order valence-electron chi connectivity index (χ1n) is 25.1. The lowest BCUT2D eigenvalue weighted by Crippen LogP contribution is -2.30. The average molecular weight is 849 g/mol. The molecule has 0 saturated carbocycles. The normalized spacial score (nSPS) is 12.8. The van der Waals surface area contributed by atoms with Gasteiger partial charge in [-0.2, -0.15) is 0 Å². The number of esters is 3. The maximum absolute atomic E-state index is 12.8. The lowest BCUT2D eigenvalue weighted by atomic mass is 10.1. The van der Waals surface area contributed by atoms with Crippen molar-refractivity contribution in [3.8, 4) is 0 Å². The highest BCUT2D eigenvalue weighted by Crippen LogP contribution is 2.13. The van der Waals surface area contributed by atoms with Gasteiger partial charge in [0.1, 0.15) is 13.2 Å². The summed E-state index contributed by atoms with van der Waals surface area (Å²) < 4.78 is 16.7. The van der Waals surface area contributed by atoms with E-state index < -0.39 is 6.10 Å². The standard InChI is InChI=1S/C55H92O6/c1-4-7-10-13-16-19-22-24-25-26-27-28-29-31-33-36-39-42-45-48-54(57)60-51-52(50-59-53(56)47-44-41-38-35-32-21-18-15-12-9-6-3)61-55(58)49-46-43-40-37-34-30-23-20-17-14-11-8-5-2/h7,10,15-16,18-20,23-25,27-28,31,33,52H,4-6,8-9,11-14,17,21-22,26,29-30,32,34-51H2,1-3H3/b10-7-,18-15-,19-16-,23-20-,25-24-,28-27-,33-31-/t52-/m0/s1. The number of ether oxygens (including phenoxy) is 3. The van der Waals surface area contributed by atoms with Crippen LogP contribution < -0.4 is 0 Å². The van der Waals surface area contributed by atoms with E-state index >= 15 is 0 Å². The van der Waals surface area contributed by atoms with Gasteiger partial charge in [-0.15, -0.1) is 0 Å². The van der Waals surface area contributed by atoms with Crippen molar-refractivity contribution < 1.29 is 28.6 Å². The molecule has 0 aliphatic carbocycles. The summed E-state index contributed by atoms with van der Waals surface area (Å²) in [5.41, 5.74) is 0. The molecule has 0 spiro atoms. The summed E-state index contributed by atoms with van der Waals surface area (Å²) >= 11 is 0. The van der Waals surface area contributed by atoms with E-state index in [1.807, 2.05) is 0 Å². The van der Waals surface area contributed by atoms with Crippen LogP contribution in [0.2, 0.25) is 0 Å². The lowest BCUT2D eigenvalue weighted by Gasteiger charge is -2.18. The smallest absolute Gasteiger partial charge is 0.306 e. The second-order valence-corrected chi connectivity index (χ2v) is 16.3. The molecule has 6 heteroatoms. The third-order valence-electron chi connectivity index (χ3n) is 10.4. The highest BCUT2D eigenvalue weighted by molar-refractivity contribution is 5.71. The molecule has 0 fully saturated rings. The summed E-state index contributed by atoms with van der Waals surface area (Å²) in [6.45, 7) is 6.41. The van der Waals surface area contributed by atoms with E-state index in [0.717, 1.165) is 122 Å². The Kier molecular flexibility index (Phi) is 46.5. The van der Waals surface area contributed by atoms with Gasteiger partial charge in [0.25, 0.3) is 0 Å². The van der Waals surface area contributed by atoms with Gasteiger partial charge in [-0.05, 0) is 109 Å². The molecule has 0 aromatic rings. The minimum atomic E-state index is -0.796. The summed E-state index contributed by atoms with van der Waals surface area (Å²) in [5.74, 6) is -0.950. The van der Waals surface area contributed by atoms with Crippen LogP contribution in [0.25, 0.3) is 0 Å². The van der Waals surface area contributed by atoms with Gasteiger partial charge >= 0.3 is 17.9 Å². The van der Waals surface area contributed by atoms with E-state index in [9.17, 15) is 14.4 Å². The van der Waals surface area contributed by atoms with E-state index in [2.05, 4.69) is 106 Å². The van der Waals surface area contributed by atoms with Crippen LogP contribution in [0.1, 0.15) is 226 Å². The Balaban J connectivity index is 4.44. The Morgan fingerprint density at radius 1 is 0.344 bits per heavy atom. The van der Waals surface area contributed by atoms with Gasteiger partial charge in [-0.25, -0.2) is 0 Å². The van der Waals surface area contributed by atoms with Crippen LogP contribution in [0.3, 0.4) is 0 Å². The third kappa shape index (κ3) is 47.5. The second kappa shape index (κ2) is 49.2. The summed E-state index contributed by atoms with van der Waals surface area (Å²) in [5, 5.41) is 0. The molecule has 6 nitrogen and oxygen atoms in total. The topological polar surface area (TPSA) is 78.9 Å². The number of carbonyl (C=O) groups excluding carboxylic acids is 3. The van der Waals surface area contributed by atoms with Gasteiger partial charge in [0.05, 0.1) is 0 Å². The molecule has 0 radical (unpaired) electrons. The molecule has 1 atom stereocenters. The summed E-state index contributed by atoms with van der Waals surface area (Å²) in [4.78, 5) is 37.9. The van der Waals surface area contributed by atoms with Crippen molar-refractivity contribution in [3.63, 3.8) is 0 Å². The number of rotatable bonds is 44. The Morgan fingerprint density at radius 2 is 0.656 bits per heavy atom. The number of hydrogen-bond acceptors (Lipinski definition) is 6. The number of unbranched alkanes of at least 4 members (excludes halogenated alkanes) is 19. The van der Waals surface area contributed by atoms with Gasteiger partial charge < -0.3 is 14.2 Å². The van der Waals surface area contributed by atoms with Crippen molar-refractivity contribution in [2.75, 3.05) is 13.2 Å². The van der Waals surface area contributed by atoms with Crippen molar-refractivity contribution in [1.82, 2.24) is 0 Å². The SMILES string of the molecule is CC/C=C\C/C=C\C/C=C\C/C=C\C/C=C\CCCCCC(=O)OC[C@H](COC(=O)CCCCCCC/C=C\CCCC)OC(=O)CCCCCCC/C=C\CCCCCC. The minimum absolute atomic E-state index is 0.0956.